The van der Waals surface area contributed by atoms with Crippen molar-refractivity contribution < 1.29 is 4.79 Å². The summed E-state index contributed by atoms with van der Waals surface area (Å²) in [5.41, 5.74) is 0.737. The normalized spacial score (nSPS) is 11.0. The van der Waals surface area contributed by atoms with Crippen molar-refractivity contribution in [2.45, 2.75) is 0 Å². The third-order valence-corrected chi connectivity index (χ3v) is 4.69. The van der Waals surface area contributed by atoms with Crippen LogP contribution in [0, 0.1) is 0 Å². The molecule has 1 amide bonds. The van der Waals surface area contributed by atoms with E-state index >= 15 is 0 Å². The largest absolute Gasteiger partial charge is 0.319 e. The Hall–Kier alpha value is -2.92. The molecule has 0 aliphatic rings. The fourth-order valence-corrected chi connectivity index (χ4v) is 3.48. The quantitative estimate of drug-likeness (QED) is 0.586. The number of carbonyl (C=O) groups is 1. The predicted molar refractivity (Wildman–Crippen MR) is 94.3 cm³/mol. The summed E-state index contributed by atoms with van der Waals surface area (Å²) in [7, 11) is 0. The van der Waals surface area contributed by atoms with Crippen LogP contribution in [0.5, 0.6) is 0 Å². The number of fused-ring (bicyclic) bond motifs is 2. The van der Waals surface area contributed by atoms with E-state index in [1.54, 1.807) is 29.5 Å². The summed E-state index contributed by atoms with van der Waals surface area (Å²) in [5, 5.41) is 7.27. The Balaban J connectivity index is 1.75. The summed E-state index contributed by atoms with van der Waals surface area (Å²) in [6.07, 6.45) is 0. The molecule has 0 aliphatic heterocycles. The van der Waals surface area contributed by atoms with Gasteiger partial charge in [0.1, 0.15) is 5.69 Å². The summed E-state index contributed by atoms with van der Waals surface area (Å²) in [6.45, 7) is 0. The van der Waals surface area contributed by atoms with E-state index < -0.39 is 0 Å². The number of nitrogens with one attached hydrogen (secondary N) is 2. The van der Waals surface area contributed by atoms with E-state index in [1.807, 2.05) is 41.8 Å². The number of hydrogen-bond acceptors (Lipinski definition) is 3. The van der Waals surface area contributed by atoms with Gasteiger partial charge < -0.3 is 10.3 Å². The maximum Gasteiger partial charge on any atom is 0.272 e. The van der Waals surface area contributed by atoms with Gasteiger partial charge in [-0.2, -0.15) is 0 Å². The van der Waals surface area contributed by atoms with Gasteiger partial charge in [0.25, 0.3) is 11.5 Å². The van der Waals surface area contributed by atoms with Crippen molar-refractivity contribution in [1.82, 2.24) is 4.98 Å². The van der Waals surface area contributed by atoms with Gasteiger partial charge in [-0.1, -0.05) is 30.3 Å². The first kappa shape index (κ1) is 13.7. The lowest BCUT2D eigenvalue weighted by molar-refractivity contribution is 0.102. The van der Waals surface area contributed by atoms with Crippen LogP contribution >= 0.6 is 11.3 Å². The number of H-pyrrole nitrogens is 1. The Kier molecular flexibility index (Phi) is 3.20. The third kappa shape index (κ3) is 2.41. The third-order valence-electron chi connectivity index (χ3n) is 3.73. The van der Waals surface area contributed by atoms with E-state index in [0.29, 0.717) is 5.39 Å². The minimum atomic E-state index is -0.325. The van der Waals surface area contributed by atoms with E-state index in [0.717, 1.165) is 21.2 Å². The molecule has 4 nitrogen and oxygen atoms in total. The van der Waals surface area contributed by atoms with Gasteiger partial charge in [-0.15, -0.1) is 11.3 Å². The highest BCUT2D eigenvalue weighted by Crippen LogP contribution is 2.28. The monoisotopic (exact) mass is 320 g/mol. The van der Waals surface area contributed by atoms with E-state index in [4.69, 9.17) is 0 Å². The second kappa shape index (κ2) is 5.37. The number of hydrogen-bond donors (Lipinski definition) is 2. The molecule has 0 saturated heterocycles. The molecule has 2 aromatic carbocycles. The summed E-state index contributed by atoms with van der Waals surface area (Å²) in [6, 6.07) is 16.7. The fraction of sp³-hybridized carbons (Fsp3) is 0. The van der Waals surface area contributed by atoms with Crippen LogP contribution in [0.15, 0.2) is 64.8 Å². The molecule has 0 unspecified atom stereocenters. The topological polar surface area (TPSA) is 62.0 Å². The lowest BCUT2D eigenvalue weighted by Gasteiger charge is -2.07. The minimum Gasteiger partial charge on any atom is -0.319 e. The Labute approximate surface area is 135 Å². The zero-order valence-electron chi connectivity index (χ0n) is 12.0. The maximum atomic E-state index is 12.5. The average molecular weight is 320 g/mol. The summed E-state index contributed by atoms with van der Waals surface area (Å²) >= 11 is 1.57. The molecule has 0 fully saturated rings. The highest BCUT2D eigenvalue weighted by Gasteiger charge is 2.11. The summed E-state index contributed by atoms with van der Waals surface area (Å²) in [5.74, 6) is -0.325. The standard InChI is InChI=1S/C18H12N2O2S/c21-17-13-6-2-1-4-12(13)10-15(20-17)18(22)19-14-7-3-5-11-8-9-23-16(11)14/h1-10H,(H,19,22)(H,20,21). The van der Waals surface area contributed by atoms with Crippen LogP contribution in [-0.4, -0.2) is 10.9 Å². The Morgan fingerprint density at radius 3 is 2.74 bits per heavy atom. The van der Waals surface area contributed by atoms with Gasteiger partial charge in [-0.3, -0.25) is 9.59 Å². The van der Waals surface area contributed by atoms with E-state index in [9.17, 15) is 9.59 Å². The molecule has 112 valence electrons. The van der Waals surface area contributed by atoms with Gasteiger partial charge in [0.2, 0.25) is 0 Å². The Morgan fingerprint density at radius 1 is 1.00 bits per heavy atom. The van der Waals surface area contributed by atoms with Crippen molar-refractivity contribution in [3.8, 4) is 0 Å². The minimum absolute atomic E-state index is 0.252. The fourth-order valence-electron chi connectivity index (χ4n) is 2.61. The highest BCUT2D eigenvalue weighted by atomic mass is 32.1. The van der Waals surface area contributed by atoms with Crippen LogP contribution in [0.4, 0.5) is 5.69 Å². The van der Waals surface area contributed by atoms with Crippen molar-refractivity contribution in [2.75, 3.05) is 5.32 Å². The molecule has 4 aromatic rings. The molecule has 0 aliphatic carbocycles. The number of pyridine rings is 1. The molecule has 23 heavy (non-hydrogen) atoms. The molecular formula is C18H12N2O2S. The van der Waals surface area contributed by atoms with E-state index in [-0.39, 0.29) is 17.2 Å². The van der Waals surface area contributed by atoms with Crippen molar-refractivity contribution >= 4 is 43.8 Å². The van der Waals surface area contributed by atoms with Crippen LogP contribution in [-0.2, 0) is 0 Å². The van der Waals surface area contributed by atoms with Gasteiger partial charge in [0.15, 0.2) is 0 Å². The van der Waals surface area contributed by atoms with Gasteiger partial charge >= 0.3 is 0 Å². The van der Waals surface area contributed by atoms with Crippen molar-refractivity contribution in [3.63, 3.8) is 0 Å². The molecule has 5 heteroatoms. The predicted octanol–water partition coefficient (Wildman–Crippen LogP) is 4.00. The SMILES string of the molecule is O=C(Nc1cccc2ccsc12)c1cc2ccccc2c(=O)[nH]1. The van der Waals surface area contributed by atoms with Crippen LogP contribution in [0.3, 0.4) is 0 Å². The second-order valence-electron chi connectivity index (χ2n) is 5.20. The van der Waals surface area contributed by atoms with Crippen LogP contribution < -0.4 is 10.9 Å². The number of thiophene rings is 1. The molecule has 2 heterocycles. The van der Waals surface area contributed by atoms with E-state index in [1.165, 1.54) is 0 Å². The molecule has 0 atom stereocenters. The van der Waals surface area contributed by atoms with Gasteiger partial charge in [-0.25, -0.2) is 0 Å². The molecule has 2 N–H and O–H groups in total. The number of aromatic nitrogens is 1. The maximum absolute atomic E-state index is 12.5. The molecule has 4 rings (SSSR count). The number of amides is 1. The molecule has 0 radical (unpaired) electrons. The van der Waals surface area contributed by atoms with Gasteiger partial charge in [0, 0.05) is 5.39 Å². The van der Waals surface area contributed by atoms with Crippen LogP contribution in [0.25, 0.3) is 20.9 Å². The highest BCUT2D eigenvalue weighted by molar-refractivity contribution is 7.17. The molecule has 0 spiro atoms. The Morgan fingerprint density at radius 2 is 1.83 bits per heavy atom. The number of aromatic amines is 1. The summed E-state index contributed by atoms with van der Waals surface area (Å²) < 4.78 is 1.02. The van der Waals surface area contributed by atoms with Gasteiger partial charge in [0.05, 0.1) is 10.4 Å². The number of rotatable bonds is 2. The van der Waals surface area contributed by atoms with Crippen molar-refractivity contribution in [2.24, 2.45) is 0 Å². The Bertz CT molecular complexity index is 1090. The molecule has 2 aromatic heterocycles. The second-order valence-corrected chi connectivity index (χ2v) is 6.11. The number of benzene rings is 2. The smallest absolute Gasteiger partial charge is 0.272 e. The van der Waals surface area contributed by atoms with Crippen molar-refractivity contribution in [3.05, 3.63) is 76.0 Å². The first-order valence-electron chi connectivity index (χ1n) is 7.12. The van der Waals surface area contributed by atoms with E-state index in [2.05, 4.69) is 10.3 Å². The van der Waals surface area contributed by atoms with Crippen molar-refractivity contribution in [1.29, 1.82) is 0 Å². The van der Waals surface area contributed by atoms with Crippen LogP contribution in [0.2, 0.25) is 0 Å². The molecule has 0 bridgehead atoms. The number of anilines is 1. The number of carbonyl (C=O) groups excluding carboxylic acids is 1. The lowest BCUT2D eigenvalue weighted by atomic mass is 10.1. The zero-order chi connectivity index (χ0) is 15.8. The molecule has 0 saturated carbocycles. The summed E-state index contributed by atoms with van der Waals surface area (Å²) in [4.78, 5) is 27.2. The zero-order valence-corrected chi connectivity index (χ0v) is 12.8. The average Bonchev–Trinajstić information content (AvgIpc) is 3.04. The first-order valence-corrected chi connectivity index (χ1v) is 8.00. The van der Waals surface area contributed by atoms with Gasteiger partial charge in [-0.05, 0) is 40.4 Å². The first-order chi connectivity index (χ1) is 11.2. The van der Waals surface area contributed by atoms with Crippen LogP contribution in [0.1, 0.15) is 10.5 Å². The lowest BCUT2D eigenvalue weighted by Crippen LogP contribution is -2.18. The molecular weight excluding hydrogens is 308 g/mol.